The highest BCUT2D eigenvalue weighted by molar-refractivity contribution is 7.89. The fourth-order valence-corrected chi connectivity index (χ4v) is 6.88. The van der Waals surface area contributed by atoms with Crippen LogP contribution in [-0.2, 0) is 27.9 Å². The van der Waals surface area contributed by atoms with E-state index in [1.807, 2.05) is 32.9 Å². The molecule has 0 spiro atoms. The Labute approximate surface area is 237 Å². The van der Waals surface area contributed by atoms with E-state index in [1.54, 1.807) is 28.9 Å². The fourth-order valence-electron chi connectivity index (χ4n) is 5.18. The summed E-state index contributed by atoms with van der Waals surface area (Å²) < 4.78 is 36.4. The van der Waals surface area contributed by atoms with Crippen molar-refractivity contribution < 1.29 is 23.1 Å². The number of rotatable bonds is 8. The average Bonchev–Trinajstić information content (AvgIpc) is 3.32. The molecule has 4 aromatic rings. The number of benzene rings is 2. The van der Waals surface area contributed by atoms with Gasteiger partial charge in [-0.1, -0.05) is 41.9 Å². The molecule has 1 N–H and O–H groups in total. The molecule has 5 rings (SSSR count). The van der Waals surface area contributed by atoms with Crippen LogP contribution in [0.3, 0.4) is 0 Å². The van der Waals surface area contributed by atoms with Gasteiger partial charge in [-0.2, -0.15) is 4.31 Å². The van der Waals surface area contributed by atoms with E-state index in [0.717, 1.165) is 22.2 Å². The van der Waals surface area contributed by atoms with Gasteiger partial charge in [0.15, 0.2) is 0 Å². The van der Waals surface area contributed by atoms with Crippen molar-refractivity contribution >= 4 is 38.6 Å². The SMILES string of the molecule is CC[C@@H]1CN(Cc2cc(C(CC(=O)O)c3ccc4c(nnn4CC)c3C)ccc2Cl)S(=O)(=O)c2cccnc2O1. The Hall–Kier alpha value is -3.54. The number of sulfonamides is 1. The van der Waals surface area contributed by atoms with Crippen LogP contribution in [0, 0.1) is 6.92 Å². The number of ether oxygens (including phenoxy) is 1. The van der Waals surface area contributed by atoms with E-state index in [0.29, 0.717) is 29.1 Å². The van der Waals surface area contributed by atoms with Crippen LogP contribution in [0.15, 0.2) is 53.6 Å². The van der Waals surface area contributed by atoms with Crippen molar-refractivity contribution in [1.82, 2.24) is 24.3 Å². The third kappa shape index (κ3) is 5.16. The Bertz CT molecular complexity index is 1690. The minimum atomic E-state index is -3.94. The lowest BCUT2D eigenvalue weighted by atomic mass is 9.85. The van der Waals surface area contributed by atoms with Crippen LogP contribution in [0.1, 0.15) is 54.9 Å². The number of carboxylic acids is 1. The Morgan fingerprint density at radius 2 is 2.02 bits per heavy atom. The molecule has 210 valence electrons. The molecule has 0 saturated heterocycles. The lowest BCUT2D eigenvalue weighted by Crippen LogP contribution is -2.36. The molecule has 1 aliphatic rings. The number of aromatic nitrogens is 4. The van der Waals surface area contributed by atoms with E-state index >= 15 is 0 Å². The van der Waals surface area contributed by atoms with Gasteiger partial charge in [-0.3, -0.25) is 4.79 Å². The maximum Gasteiger partial charge on any atom is 0.304 e. The smallest absolute Gasteiger partial charge is 0.304 e. The topological polar surface area (TPSA) is 128 Å². The van der Waals surface area contributed by atoms with Gasteiger partial charge in [-0.05, 0) is 66.8 Å². The third-order valence-electron chi connectivity index (χ3n) is 7.35. The molecule has 2 aromatic carbocycles. The third-order valence-corrected chi connectivity index (χ3v) is 9.54. The summed E-state index contributed by atoms with van der Waals surface area (Å²) >= 11 is 6.60. The van der Waals surface area contributed by atoms with Gasteiger partial charge in [-0.15, -0.1) is 5.10 Å². The number of aliphatic carboxylic acids is 1. The summed E-state index contributed by atoms with van der Waals surface area (Å²) in [6.45, 7) is 6.60. The molecule has 3 heterocycles. The first-order valence-corrected chi connectivity index (χ1v) is 14.9. The predicted octanol–water partition coefficient (Wildman–Crippen LogP) is 4.78. The van der Waals surface area contributed by atoms with E-state index in [2.05, 4.69) is 15.3 Å². The second-order valence-corrected chi connectivity index (χ2v) is 12.1. The van der Waals surface area contributed by atoms with Gasteiger partial charge in [0.05, 0.1) is 18.5 Å². The van der Waals surface area contributed by atoms with Crippen LogP contribution in [0.4, 0.5) is 0 Å². The molecule has 0 radical (unpaired) electrons. The lowest BCUT2D eigenvalue weighted by Gasteiger charge is -2.24. The number of hydrogen-bond acceptors (Lipinski definition) is 7. The van der Waals surface area contributed by atoms with E-state index in [4.69, 9.17) is 16.3 Å². The second kappa shape index (κ2) is 11.1. The van der Waals surface area contributed by atoms with Gasteiger partial charge in [0.1, 0.15) is 16.5 Å². The minimum Gasteiger partial charge on any atom is -0.481 e. The van der Waals surface area contributed by atoms with Crippen molar-refractivity contribution in [2.45, 2.75) is 63.6 Å². The zero-order valence-corrected chi connectivity index (χ0v) is 24.0. The summed E-state index contributed by atoms with van der Waals surface area (Å²) in [6, 6.07) is 12.2. The van der Waals surface area contributed by atoms with Crippen LogP contribution >= 0.6 is 11.6 Å². The Kier molecular flexibility index (Phi) is 7.80. The van der Waals surface area contributed by atoms with Gasteiger partial charge in [0, 0.05) is 30.2 Å². The number of aryl methyl sites for hydroxylation is 2. The molecule has 0 bridgehead atoms. The van der Waals surface area contributed by atoms with E-state index in [1.165, 1.54) is 16.6 Å². The van der Waals surface area contributed by atoms with Crippen molar-refractivity contribution in [3.63, 3.8) is 0 Å². The van der Waals surface area contributed by atoms with E-state index in [-0.39, 0.29) is 30.3 Å². The standard InChI is InChI=1S/C28H30ClN5O5S/c1-4-20-16-33(40(37,38)25-7-6-12-30-28(25)39-20)15-19-13-18(8-10-23(19)29)22(14-26(35)36)21-9-11-24-27(17(21)3)31-32-34(24)5-2/h6-13,20,22H,4-5,14-16H2,1-3H3,(H,35,36)/t20-,22?/m1/s1. The van der Waals surface area contributed by atoms with Crippen LogP contribution in [0.5, 0.6) is 5.88 Å². The lowest BCUT2D eigenvalue weighted by molar-refractivity contribution is -0.137. The second-order valence-electron chi connectivity index (χ2n) is 9.81. The van der Waals surface area contributed by atoms with Crippen molar-refractivity contribution in [3.05, 3.63) is 75.9 Å². The van der Waals surface area contributed by atoms with Gasteiger partial charge in [-0.25, -0.2) is 18.1 Å². The number of halogens is 1. The van der Waals surface area contributed by atoms with Crippen molar-refractivity contribution in [1.29, 1.82) is 0 Å². The molecule has 2 atom stereocenters. The van der Waals surface area contributed by atoms with E-state index < -0.39 is 28.0 Å². The Balaban J connectivity index is 1.56. The van der Waals surface area contributed by atoms with E-state index in [9.17, 15) is 18.3 Å². The molecule has 1 unspecified atom stereocenters. The van der Waals surface area contributed by atoms with Crippen molar-refractivity contribution in [2.24, 2.45) is 0 Å². The molecule has 1 aliphatic heterocycles. The highest BCUT2D eigenvalue weighted by atomic mass is 35.5. The van der Waals surface area contributed by atoms with Gasteiger partial charge < -0.3 is 9.84 Å². The first kappa shape index (κ1) is 28.0. The zero-order chi connectivity index (χ0) is 28.6. The van der Waals surface area contributed by atoms with Crippen LogP contribution in [0.25, 0.3) is 11.0 Å². The quantitative estimate of drug-likeness (QED) is 0.314. The summed E-state index contributed by atoms with van der Waals surface area (Å²) in [5.41, 5.74) is 4.54. The first-order chi connectivity index (χ1) is 19.1. The summed E-state index contributed by atoms with van der Waals surface area (Å²) in [5.74, 6) is -1.38. The monoisotopic (exact) mass is 583 g/mol. The number of nitrogens with zero attached hydrogens (tertiary/aromatic N) is 5. The Morgan fingerprint density at radius 3 is 2.75 bits per heavy atom. The summed E-state index contributed by atoms with van der Waals surface area (Å²) in [6.07, 6.45) is 1.53. The summed E-state index contributed by atoms with van der Waals surface area (Å²) in [7, 11) is -3.94. The molecular weight excluding hydrogens is 554 g/mol. The largest absolute Gasteiger partial charge is 0.481 e. The number of fused-ring (bicyclic) bond motifs is 2. The number of pyridine rings is 1. The molecule has 12 heteroatoms. The minimum absolute atomic E-state index is 0.00559. The zero-order valence-electron chi connectivity index (χ0n) is 22.4. The average molecular weight is 584 g/mol. The number of carboxylic acid groups (broad SMARTS) is 1. The van der Waals surface area contributed by atoms with Crippen molar-refractivity contribution in [3.8, 4) is 5.88 Å². The maximum absolute atomic E-state index is 13.7. The molecule has 0 aliphatic carbocycles. The van der Waals surface area contributed by atoms with Gasteiger partial charge in [0.25, 0.3) is 0 Å². The predicted molar refractivity (Wildman–Crippen MR) is 150 cm³/mol. The van der Waals surface area contributed by atoms with Gasteiger partial charge in [0.2, 0.25) is 15.9 Å². The molecule has 0 saturated carbocycles. The highest BCUT2D eigenvalue weighted by Crippen LogP contribution is 2.36. The molecule has 2 aromatic heterocycles. The summed E-state index contributed by atoms with van der Waals surface area (Å²) in [5, 5.41) is 18.7. The highest BCUT2D eigenvalue weighted by Gasteiger charge is 2.35. The van der Waals surface area contributed by atoms with Crippen LogP contribution in [-0.4, -0.2) is 56.4 Å². The Morgan fingerprint density at radius 1 is 1.23 bits per heavy atom. The molecular formula is C28H30ClN5O5S. The molecule has 40 heavy (non-hydrogen) atoms. The van der Waals surface area contributed by atoms with Crippen molar-refractivity contribution in [2.75, 3.05) is 6.54 Å². The summed E-state index contributed by atoms with van der Waals surface area (Å²) in [4.78, 5) is 16.1. The maximum atomic E-state index is 13.7. The van der Waals surface area contributed by atoms with Crippen LogP contribution in [0.2, 0.25) is 5.02 Å². The van der Waals surface area contributed by atoms with Crippen LogP contribution < -0.4 is 4.74 Å². The van der Waals surface area contributed by atoms with Gasteiger partial charge >= 0.3 is 5.97 Å². The number of carbonyl (C=O) groups is 1. The normalized spacial score (nSPS) is 17.6. The first-order valence-electron chi connectivity index (χ1n) is 13.1. The fraction of sp³-hybridized carbons (Fsp3) is 0.357. The molecule has 10 nitrogen and oxygen atoms in total. The molecule has 0 amide bonds. The number of hydrogen-bond donors (Lipinski definition) is 1. The molecule has 0 fully saturated rings.